The van der Waals surface area contributed by atoms with Gasteiger partial charge in [0, 0.05) is 12.0 Å². The summed E-state index contributed by atoms with van der Waals surface area (Å²) in [6, 6.07) is 0. The first-order valence-corrected chi connectivity index (χ1v) is 9.02. The van der Waals surface area contributed by atoms with Crippen LogP contribution in [0.1, 0.15) is 64.7 Å². The van der Waals surface area contributed by atoms with E-state index >= 15 is 0 Å². The van der Waals surface area contributed by atoms with Gasteiger partial charge in [-0.2, -0.15) is 0 Å². The van der Waals surface area contributed by atoms with E-state index in [1.165, 1.54) is 51.4 Å². The van der Waals surface area contributed by atoms with Gasteiger partial charge in [0.1, 0.15) is 0 Å². The van der Waals surface area contributed by atoms with Crippen molar-refractivity contribution in [2.45, 2.75) is 70.3 Å². The lowest BCUT2D eigenvalue weighted by Gasteiger charge is -2.55. The Morgan fingerprint density at radius 2 is 1.90 bits per heavy atom. The van der Waals surface area contributed by atoms with Crippen molar-refractivity contribution in [1.29, 1.82) is 0 Å². The van der Waals surface area contributed by atoms with Gasteiger partial charge in [0.05, 0.1) is 5.60 Å². The largest absolute Gasteiger partial charge is 0.389 e. The molecule has 4 aliphatic rings. The maximum Gasteiger partial charge on any atom is 0.0749 e. The van der Waals surface area contributed by atoms with Crippen molar-refractivity contribution in [3.63, 3.8) is 0 Å². The Bertz CT molecular complexity index is 397. The zero-order chi connectivity index (χ0) is 14.0. The van der Waals surface area contributed by atoms with Crippen LogP contribution in [0.2, 0.25) is 0 Å². The van der Waals surface area contributed by atoms with E-state index in [0.717, 1.165) is 30.1 Å². The van der Waals surface area contributed by atoms with E-state index < -0.39 is 5.60 Å². The predicted octanol–water partition coefficient (Wildman–Crippen LogP) is 3.33. The van der Waals surface area contributed by atoms with Gasteiger partial charge >= 0.3 is 0 Å². The molecule has 0 radical (unpaired) electrons. The van der Waals surface area contributed by atoms with E-state index in [2.05, 4.69) is 6.92 Å². The minimum absolute atomic E-state index is 0.0393. The topological polar surface area (TPSA) is 46.2 Å². The van der Waals surface area contributed by atoms with Gasteiger partial charge in [-0.1, -0.05) is 26.2 Å². The van der Waals surface area contributed by atoms with E-state index in [4.69, 9.17) is 5.73 Å². The van der Waals surface area contributed by atoms with Crippen molar-refractivity contribution in [3.8, 4) is 0 Å². The average Bonchev–Trinajstić information content (AvgIpc) is 3.09. The minimum Gasteiger partial charge on any atom is -0.389 e. The first-order valence-electron chi connectivity index (χ1n) is 9.02. The molecule has 2 nitrogen and oxygen atoms in total. The minimum atomic E-state index is -0.424. The van der Waals surface area contributed by atoms with Gasteiger partial charge in [-0.25, -0.2) is 0 Å². The molecule has 7 unspecified atom stereocenters. The Labute approximate surface area is 123 Å². The van der Waals surface area contributed by atoms with Crippen molar-refractivity contribution in [3.05, 3.63) is 0 Å². The Balaban J connectivity index is 1.66. The molecule has 4 rings (SSSR count). The lowest BCUT2D eigenvalue weighted by atomic mass is 9.54. The quantitative estimate of drug-likeness (QED) is 0.813. The summed E-state index contributed by atoms with van der Waals surface area (Å²) in [5.74, 6) is 3.93. The maximum atomic E-state index is 11.7. The van der Waals surface area contributed by atoms with Gasteiger partial charge in [0.15, 0.2) is 0 Å². The summed E-state index contributed by atoms with van der Waals surface area (Å²) in [5, 5.41) is 11.7. The van der Waals surface area contributed by atoms with Gasteiger partial charge in [-0.3, -0.25) is 0 Å². The molecule has 20 heavy (non-hydrogen) atoms. The second-order valence-electron chi connectivity index (χ2n) is 8.68. The molecule has 0 aliphatic heterocycles. The van der Waals surface area contributed by atoms with Gasteiger partial charge in [0.25, 0.3) is 0 Å². The van der Waals surface area contributed by atoms with Gasteiger partial charge in [-0.15, -0.1) is 0 Å². The summed E-state index contributed by atoms with van der Waals surface area (Å²) in [7, 11) is 0. The lowest BCUT2D eigenvalue weighted by Crippen LogP contribution is -2.59. The third-order valence-corrected chi connectivity index (χ3v) is 7.89. The predicted molar refractivity (Wildman–Crippen MR) is 81.1 cm³/mol. The Morgan fingerprint density at radius 3 is 2.65 bits per heavy atom. The second-order valence-corrected chi connectivity index (χ2v) is 8.68. The molecular formula is C18H31NO. The number of hydrogen-bond acceptors (Lipinski definition) is 2. The molecule has 0 spiro atoms. The Kier molecular flexibility index (Phi) is 3.03. The smallest absolute Gasteiger partial charge is 0.0749 e. The molecule has 0 saturated heterocycles. The van der Waals surface area contributed by atoms with Crippen LogP contribution in [0.15, 0.2) is 0 Å². The van der Waals surface area contributed by atoms with E-state index in [1.807, 2.05) is 0 Å². The van der Waals surface area contributed by atoms with Gasteiger partial charge in [-0.05, 0) is 68.1 Å². The number of aliphatic hydroxyl groups is 1. The standard InChI is InChI=1S/C18H31NO/c1-12-4-3-7-17(9-12,11-19)18(20)10-13-8-16(18)15-6-2-5-14(13)15/h12-16,20H,2-11,19H2,1H3. The zero-order valence-corrected chi connectivity index (χ0v) is 13.0. The Hall–Kier alpha value is -0.0800. The van der Waals surface area contributed by atoms with Crippen LogP contribution < -0.4 is 5.73 Å². The van der Waals surface area contributed by atoms with E-state index in [1.54, 1.807) is 0 Å². The van der Waals surface area contributed by atoms with Crippen LogP contribution in [0.25, 0.3) is 0 Å². The molecule has 0 aromatic rings. The van der Waals surface area contributed by atoms with Crippen LogP contribution in [0, 0.1) is 35.0 Å². The van der Waals surface area contributed by atoms with E-state index in [0.29, 0.717) is 12.5 Å². The maximum absolute atomic E-state index is 11.7. The summed E-state index contributed by atoms with van der Waals surface area (Å²) >= 11 is 0. The van der Waals surface area contributed by atoms with Crippen LogP contribution in [0.3, 0.4) is 0 Å². The number of nitrogens with two attached hydrogens (primary N) is 1. The fourth-order valence-corrected chi connectivity index (χ4v) is 7.14. The molecule has 4 saturated carbocycles. The van der Waals surface area contributed by atoms with Crippen LogP contribution in [0.4, 0.5) is 0 Å². The highest BCUT2D eigenvalue weighted by Gasteiger charge is 2.66. The first kappa shape index (κ1) is 13.6. The highest BCUT2D eigenvalue weighted by Crippen LogP contribution is 2.68. The average molecular weight is 277 g/mol. The van der Waals surface area contributed by atoms with E-state index in [-0.39, 0.29) is 5.41 Å². The third kappa shape index (κ3) is 1.58. The van der Waals surface area contributed by atoms with Gasteiger partial charge in [0.2, 0.25) is 0 Å². The third-order valence-electron chi connectivity index (χ3n) is 7.89. The highest BCUT2D eigenvalue weighted by molar-refractivity contribution is 5.17. The SMILES string of the molecule is CC1CCCC(CN)(C2(O)CC3CC2C2CCCC32)C1. The monoisotopic (exact) mass is 277 g/mol. The first-order chi connectivity index (χ1) is 9.60. The molecule has 3 N–H and O–H groups in total. The zero-order valence-electron chi connectivity index (χ0n) is 13.0. The van der Waals surface area contributed by atoms with Gasteiger partial charge < -0.3 is 10.8 Å². The number of hydrogen-bond donors (Lipinski definition) is 2. The van der Waals surface area contributed by atoms with Crippen molar-refractivity contribution < 1.29 is 5.11 Å². The summed E-state index contributed by atoms with van der Waals surface area (Å²) in [6.07, 6.45) is 11.5. The van der Waals surface area contributed by atoms with Crippen molar-refractivity contribution in [2.75, 3.05) is 6.54 Å². The molecule has 0 heterocycles. The molecule has 2 heteroatoms. The second kappa shape index (κ2) is 4.46. The fraction of sp³-hybridized carbons (Fsp3) is 1.00. The van der Waals surface area contributed by atoms with Crippen LogP contribution in [0.5, 0.6) is 0 Å². The number of rotatable bonds is 2. The Morgan fingerprint density at radius 1 is 1.10 bits per heavy atom. The molecule has 2 bridgehead atoms. The summed E-state index contributed by atoms with van der Waals surface area (Å²) in [4.78, 5) is 0. The lowest BCUT2D eigenvalue weighted by molar-refractivity contribution is -0.158. The molecule has 4 aliphatic carbocycles. The molecule has 7 atom stereocenters. The van der Waals surface area contributed by atoms with Crippen molar-refractivity contribution in [2.24, 2.45) is 40.7 Å². The van der Waals surface area contributed by atoms with Crippen LogP contribution in [-0.4, -0.2) is 17.3 Å². The molecule has 4 fully saturated rings. The molecule has 0 aromatic carbocycles. The van der Waals surface area contributed by atoms with Crippen LogP contribution >= 0.6 is 0 Å². The summed E-state index contributed by atoms with van der Waals surface area (Å²) in [5.41, 5.74) is 5.89. The fourth-order valence-electron chi connectivity index (χ4n) is 7.14. The number of fused-ring (bicyclic) bond motifs is 5. The summed E-state index contributed by atoms with van der Waals surface area (Å²) in [6.45, 7) is 3.06. The van der Waals surface area contributed by atoms with Crippen LogP contribution in [-0.2, 0) is 0 Å². The molecule has 114 valence electrons. The highest BCUT2D eigenvalue weighted by atomic mass is 16.3. The molecule has 0 aromatic heterocycles. The molecular weight excluding hydrogens is 246 g/mol. The molecule has 0 amide bonds. The van der Waals surface area contributed by atoms with Crippen molar-refractivity contribution >= 4 is 0 Å². The van der Waals surface area contributed by atoms with E-state index in [9.17, 15) is 5.11 Å². The van der Waals surface area contributed by atoms with Crippen molar-refractivity contribution in [1.82, 2.24) is 0 Å². The summed E-state index contributed by atoms with van der Waals surface area (Å²) < 4.78 is 0. The normalized spacial score (nSPS) is 58.0.